The fraction of sp³-hybridized carbons (Fsp3) is 0.400. The minimum Gasteiger partial charge on any atom is -0.392 e. The molecule has 0 spiro atoms. The number of nitrogens with zero attached hydrogens (tertiary/aromatic N) is 1. The highest BCUT2D eigenvalue weighted by molar-refractivity contribution is 7.01. The molecule has 0 amide bonds. The molecule has 0 aromatic heterocycles. The van der Waals surface area contributed by atoms with Crippen molar-refractivity contribution < 1.29 is 5.11 Å². The molecular formula is C20H27NOSi. The highest BCUT2D eigenvalue weighted by Crippen LogP contribution is 2.24. The van der Waals surface area contributed by atoms with Crippen LogP contribution in [0.4, 0.5) is 0 Å². The van der Waals surface area contributed by atoms with Gasteiger partial charge in [0.15, 0.2) is 0 Å². The number of rotatable bonds is 5. The Morgan fingerprint density at radius 2 is 1.57 bits per heavy atom. The summed E-state index contributed by atoms with van der Waals surface area (Å²) in [5.41, 5.74) is 0. The fourth-order valence-electron chi connectivity index (χ4n) is 3.99. The van der Waals surface area contributed by atoms with Crippen LogP contribution in [-0.2, 0) is 0 Å². The van der Waals surface area contributed by atoms with Crippen molar-refractivity contribution in [2.45, 2.75) is 37.6 Å². The van der Waals surface area contributed by atoms with Crippen molar-refractivity contribution in [3.8, 4) is 0 Å². The van der Waals surface area contributed by atoms with Gasteiger partial charge in [0.2, 0.25) is 0 Å². The van der Waals surface area contributed by atoms with E-state index in [4.69, 9.17) is 0 Å². The van der Waals surface area contributed by atoms with Crippen LogP contribution in [0.2, 0.25) is 12.6 Å². The summed E-state index contributed by atoms with van der Waals surface area (Å²) >= 11 is 0. The molecule has 3 heteroatoms. The summed E-state index contributed by atoms with van der Waals surface area (Å²) in [5, 5.41) is 13.8. The molecule has 0 unspecified atom stereocenters. The topological polar surface area (TPSA) is 23.5 Å². The zero-order chi connectivity index (χ0) is 16.3. The third kappa shape index (κ3) is 3.42. The van der Waals surface area contributed by atoms with Crippen LogP contribution in [0.25, 0.3) is 0 Å². The Labute approximate surface area is 140 Å². The first-order valence-electron chi connectivity index (χ1n) is 8.60. The van der Waals surface area contributed by atoms with Gasteiger partial charge >= 0.3 is 0 Å². The largest absolute Gasteiger partial charge is 0.392 e. The molecule has 1 aliphatic heterocycles. The SMILES string of the molecule is CN1CCC[C@H]1[C@H](O)C[Si](C)(c1ccccc1)c1ccccc1. The average molecular weight is 326 g/mol. The third-order valence-electron chi connectivity index (χ3n) is 5.46. The van der Waals surface area contributed by atoms with Crippen LogP contribution >= 0.6 is 0 Å². The maximum atomic E-state index is 11.0. The standard InChI is InChI=1S/C20H27NOSi/c1-21-15-9-14-19(21)20(22)16-23(2,17-10-5-3-6-11-17)18-12-7-4-8-13-18/h3-8,10-13,19-20,22H,9,14-16H2,1-2H3/t19-,20+/m0/s1. The highest BCUT2D eigenvalue weighted by Gasteiger charge is 2.38. The van der Waals surface area contributed by atoms with Crippen LogP contribution in [0.1, 0.15) is 12.8 Å². The average Bonchev–Trinajstić information content (AvgIpc) is 3.02. The van der Waals surface area contributed by atoms with Crippen molar-refractivity contribution in [2.75, 3.05) is 13.6 Å². The predicted octanol–water partition coefficient (Wildman–Crippen LogP) is 2.33. The van der Waals surface area contributed by atoms with Crippen LogP contribution in [-0.4, -0.2) is 43.8 Å². The van der Waals surface area contributed by atoms with Gasteiger partial charge in [-0.05, 0) is 32.5 Å². The lowest BCUT2D eigenvalue weighted by Crippen LogP contribution is -2.58. The van der Waals surface area contributed by atoms with E-state index >= 15 is 0 Å². The van der Waals surface area contributed by atoms with E-state index < -0.39 is 8.07 Å². The van der Waals surface area contributed by atoms with Crippen LogP contribution in [0.15, 0.2) is 60.7 Å². The molecule has 23 heavy (non-hydrogen) atoms. The molecule has 0 radical (unpaired) electrons. The maximum absolute atomic E-state index is 11.0. The van der Waals surface area contributed by atoms with Crippen molar-refractivity contribution in [2.24, 2.45) is 0 Å². The molecule has 2 atom stereocenters. The number of aliphatic hydroxyl groups excluding tert-OH is 1. The molecule has 0 bridgehead atoms. The Morgan fingerprint density at radius 3 is 2.00 bits per heavy atom. The van der Waals surface area contributed by atoms with Crippen molar-refractivity contribution in [3.63, 3.8) is 0 Å². The molecule has 2 aromatic carbocycles. The van der Waals surface area contributed by atoms with Crippen LogP contribution in [0, 0.1) is 0 Å². The third-order valence-corrected chi connectivity index (χ3v) is 9.91. The van der Waals surface area contributed by atoms with Gasteiger partial charge in [0.25, 0.3) is 0 Å². The van der Waals surface area contributed by atoms with Gasteiger partial charge in [-0.15, -0.1) is 0 Å². The lowest BCUT2D eigenvalue weighted by Gasteiger charge is -2.34. The Balaban J connectivity index is 1.93. The number of benzene rings is 2. The molecule has 0 aliphatic carbocycles. The molecule has 2 nitrogen and oxygen atoms in total. The molecule has 1 fully saturated rings. The summed E-state index contributed by atoms with van der Waals surface area (Å²) in [5.74, 6) is 0. The van der Waals surface area contributed by atoms with Crippen LogP contribution in [0.5, 0.6) is 0 Å². The maximum Gasteiger partial charge on any atom is 0.117 e. The molecule has 0 saturated carbocycles. The Bertz CT molecular complexity index is 577. The van der Waals surface area contributed by atoms with Crippen molar-refractivity contribution in [1.82, 2.24) is 4.90 Å². The zero-order valence-corrected chi connectivity index (χ0v) is 15.2. The van der Waals surface area contributed by atoms with Crippen LogP contribution < -0.4 is 10.4 Å². The van der Waals surface area contributed by atoms with Crippen molar-refractivity contribution >= 4 is 18.4 Å². The number of likely N-dealkylation sites (tertiary alicyclic amines) is 1. The monoisotopic (exact) mass is 325 g/mol. The predicted molar refractivity (Wildman–Crippen MR) is 100 cm³/mol. The minimum absolute atomic E-state index is 0.250. The first kappa shape index (κ1) is 16.4. The summed E-state index contributed by atoms with van der Waals surface area (Å²) in [6, 6.07) is 22.8. The van der Waals surface area contributed by atoms with E-state index in [1.165, 1.54) is 16.8 Å². The summed E-state index contributed by atoms with van der Waals surface area (Å²) in [6.07, 6.45) is 2.07. The second-order valence-electron chi connectivity index (χ2n) is 7.03. The first-order valence-corrected chi connectivity index (χ1v) is 11.3. The summed E-state index contributed by atoms with van der Waals surface area (Å²) in [4.78, 5) is 2.33. The number of hydrogen-bond acceptors (Lipinski definition) is 2. The van der Waals surface area contributed by atoms with Gasteiger partial charge in [-0.1, -0.05) is 77.6 Å². The fourth-order valence-corrected chi connectivity index (χ4v) is 7.76. The second kappa shape index (κ2) is 6.99. The Morgan fingerprint density at radius 1 is 1.04 bits per heavy atom. The van der Waals surface area contributed by atoms with Gasteiger partial charge < -0.3 is 10.0 Å². The Hall–Kier alpha value is -1.42. The summed E-state index contributed by atoms with van der Waals surface area (Å²) < 4.78 is 0. The number of likely N-dealkylation sites (N-methyl/N-ethyl adjacent to an activating group) is 1. The normalized spacial score (nSPS) is 20.6. The summed E-state index contributed by atoms with van der Waals surface area (Å²) in [6.45, 7) is 3.51. The van der Waals surface area contributed by atoms with Crippen molar-refractivity contribution in [1.29, 1.82) is 0 Å². The van der Waals surface area contributed by atoms with Crippen molar-refractivity contribution in [3.05, 3.63) is 60.7 Å². The smallest absolute Gasteiger partial charge is 0.117 e. The Kier molecular flexibility index (Phi) is 5.00. The van der Waals surface area contributed by atoms with E-state index in [0.29, 0.717) is 6.04 Å². The van der Waals surface area contributed by atoms with E-state index in [0.717, 1.165) is 19.0 Å². The lowest BCUT2D eigenvalue weighted by atomic mass is 10.1. The zero-order valence-electron chi connectivity index (χ0n) is 14.2. The van der Waals surface area contributed by atoms with E-state index in [1.54, 1.807) is 0 Å². The molecule has 1 N–H and O–H groups in total. The van der Waals surface area contributed by atoms with Gasteiger partial charge in [0.1, 0.15) is 8.07 Å². The van der Waals surface area contributed by atoms with E-state index in [2.05, 4.69) is 79.2 Å². The molecular weight excluding hydrogens is 298 g/mol. The second-order valence-corrected chi connectivity index (χ2v) is 11.3. The highest BCUT2D eigenvalue weighted by atomic mass is 28.3. The van der Waals surface area contributed by atoms with E-state index in [-0.39, 0.29) is 6.10 Å². The van der Waals surface area contributed by atoms with Gasteiger partial charge in [-0.2, -0.15) is 0 Å². The molecule has 1 saturated heterocycles. The van der Waals surface area contributed by atoms with E-state index in [1.807, 2.05) is 0 Å². The lowest BCUT2D eigenvalue weighted by molar-refractivity contribution is 0.1000. The number of hydrogen-bond donors (Lipinski definition) is 1. The molecule has 122 valence electrons. The summed E-state index contributed by atoms with van der Waals surface area (Å²) in [7, 11) is 0.205. The van der Waals surface area contributed by atoms with Crippen LogP contribution in [0.3, 0.4) is 0 Å². The number of aliphatic hydroxyl groups is 1. The van der Waals surface area contributed by atoms with Gasteiger partial charge in [-0.25, -0.2) is 0 Å². The minimum atomic E-state index is -1.94. The van der Waals surface area contributed by atoms with Gasteiger partial charge in [0, 0.05) is 6.04 Å². The molecule has 3 rings (SSSR count). The first-order chi connectivity index (χ1) is 11.1. The molecule has 2 aromatic rings. The van der Waals surface area contributed by atoms with Gasteiger partial charge in [0.05, 0.1) is 6.10 Å². The molecule has 1 heterocycles. The molecule has 1 aliphatic rings. The van der Waals surface area contributed by atoms with Gasteiger partial charge in [-0.3, -0.25) is 0 Å². The quantitative estimate of drug-likeness (QED) is 0.853. The van der Waals surface area contributed by atoms with E-state index in [9.17, 15) is 5.11 Å².